The Labute approximate surface area is 96.3 Å². The van der Waals surface area contributed by atoms with E-state index in [9.17, 15) is 18.0 Å². The zero-order chi connectivity index (χ0) is 12.6. The summed E-state index contributed by atoms with van der Waals surface area (Å²) in [6.07, 6.45) is -1.01. The van der Waals surface area contributed by atoms with E-state index in [1.807, 2.05) is 6.26 Å². The van der Waals surface area contributed by atoms with E-state index in [0.29, 0.717) is 6.92 Å². The van der Waals surface area contributed by atoms with E-state index in [4.69, 9.17) is 5.73 Å². The van der Waals surface area contributed by atoms with Crippen LogP contribution in [0.15, 0.2) is 0 Å². The van der Waals surface area contributed by atoms with E-state index in [0.717, 1.165) is 12.8 Å². The summed E-state index contributed by atoms with van der Waals surface area (Å²) in [6.45, 7) is 0.927. The van der Waals surface area contributed by atoms with Crippen LogP contribution < -0.4 is 11.1 Å². The van der Waals surface area contributed by atoms with Crippen LogP contribution in [0.3, 0.4) is 0 Å². The van der Waals surface area contributed by atoms with E-state index >= 15 is 0 Å². The Morgan fingerprint density at radius 3 is 2.31 bits per heavy atom. The van der Waals surface area contributed by atoms with Crippen LogP contribution >= 0.6 is 11.8 Å². The van der Waals surface area contributed by atoms with Gasteiger partial charge in [0.2, 0.25) is 5.91 Å². The Morgan fingerprint density at radius 1 is 1.50 bits per heavy atom. The standard InChI is InChI=1S/C9H15F3N2OS/c1-7(13,9(10,11)12)6(15)14-5-8(16-2)3-4-8/h3-5,13H2,1-2H3,(H,14,15). The minimum atomic E-state index is -4.73. The maximum absolute atomic E-state index is 12.4. The molecular weight excluding hydrogens is 241 g/mol. The molecule has 7 heteroatoms. The molecule has 0 bridgehead atoms. The van der Waals surface area contributed by atoms with Gasteiger partial charge >= 0.3 is 6.18 Å². The highest BCUT2D eigenvalue weighted by atomic mass is 32.2. The highest BCUT2D eigenvalue weighted by Crippen LogP contribution is 2.46. The molecule has 1 rings (SSSR count). The second kappa shape index (κ2) is 4.10. The Bertz CT molecular complexity index is 287. The van der Waals surface area contributed by atoms with Crippen LogP contribution in [-0.2, 0) is 4.79 Å². The molecule has 0 radical (unpaired) electrons. The van der Waals surface area contributed by atoms with Gasteiger partial charge in [-0.2, -0.15) is 24.9 Å². The molecule has 1 aliphatic carbocycles. The molecule has 1 amide bonds. The number of nitrogens with one attached hydrogen (secondary N) is 1. The number of carbonyl (C=O) groups excluding carboxylic acids is 1. The third-order valence-corrected chi connectivity index (χ3v) is 4.29. The van der Waals surface area contributed by atoms with Gasteiger partial charge in [0.1, 0.15) is 0 Å². The number of carbonyl (C=O) groups is 1. The molecule has 1 aliphatic rings. The molecule has 0 aromatic rings. The molecule has 0 aromatic carbocycles. The Balaban J connectivity index is 2.52. The topological polar surface area (TPSA) is 55.1 Å². The van der Waals surface area contributed by atoms with Gasteiger partial charge in [-0.05, 0) is 26.0 Å². The van der Waals surface area contributed by atoms with Gasteiger partial charge in [0.15, 0.2) is 5.54 Å². The number of hydrogen-bond donors (Lipinski definition) is 2. The number of hydrogen-bond acceptors (Lipinski definition) is 3. The molecule has 0 spiro atoms. The highest BCUT2D eigenvalue weighted by molar-refractivity contribution is 8.00. The minimum Gasteiger partial charge on any atom is -0.353 e. The molecule has 1 atom stereocenters. The van der Waals surface area contributed by atoms with Crippen molar-refractivity contribution in [3.8, 4) is 0 Å². The van der Waals surface area contributed by atoms with Gasteiger partial charge in [0, 0.05) is 11.3 Å². The maximum atomic E-state index is 12.4. The maximum Gasteiger partial charge on any atom is 0.415 e. The van der Waals surface area contributed by atoms with Crippen LogP contribution in [0, 0.1) is 0 Å². The summed E-state index contributed by atoms with van der Waals surface area (Å²) in [6, 6.07) is 0. The van der Waals surface area contributed by atoms with Crippen LogP contribution in [0.4, 0.5) is 13.2 Å². The Hall–Kier alpha value is -0.430. The van der Waals surface area contributed by atoms with Crippen molar-refractivity contribution in [1.29, 1.82) is 0 Å². The quantitative estimate of drug-likeness (QED) is 0.796. The number of amides is 1. The van der Waals surface area contributed by atoms with Crippen molar-refractivity contribution < 1.29 is 18.0 Å². The molecule has 0 saturated heterocycles. The number of nitrogens with two attached hydrogens (primary N) is 1. The van der Waals surface area contributed by atoms with Crippen LogP contribution in [-0.4, -0.2) is 35.2 Å². The molecule has 0 heterocycles. The number of rotatable bonds is 4. The number of thioether (sulfide) groups is 1. The van der Waals surface area contributed by atoms with Crippen molar-refractivity contribution in [3.05, 3.63) is 0 Å². The molecule has 3 nitrogen and oxygen atoms in total. The largest absolute Gasteiger partial charge is 0.415 e. The zero-order valence-corrected chi connectivity index (χ0v) is 9.97. The first-order chi connectivity index (χ1) is 7.15. The summed E-state index contributed by atoms with van der Waals surface area (Å²) in [5, 5.41) is 2.28. The van der Waals surface area contributed by atoms with Crippen molar-refractivity contribution in [2.24, 2.45) is 5.73 Å². The van der Waals surface area contributed by atoms with Crippen molar-refractivity contribution in [2.75, 3.05) is 12.8 Å². The van der Waals surface area contributed by atoms with Crippen molar-refractivity contribution in [2.45, 2.75) is 36.2 Å². The van der Waals surface area contributed by atoms with Crippen LogP contribution in [0.25, 0.3) is 0 Å². The first-order valence-corrected chi connectivity index (χ1v) is 6.06. The molecule has 3 N–H and O–H groups in total. The summed E-state index contributed by atoms with van der Waals surface area (Å²) in [7, 11) is 0. The molecule has 94 valence electrons. The third-order valence-electron chi connectivity index (χ3n) is 2.87. The fourth-order valence-electron chi connectivity index (χ4n) is 1.15. The number of halogens is 3. The normalized spacial score (nSPS) is 22.4. The lowest BCUT2D eigenvalue weighted by molar-refractivity contribution is -0.187. The molecule has 16 heavy (non-hydrogen) atoms. The SMILES string of the molecule is CSC1(CNC(=O)C(C)(N)C(F)(F)F)CC1. The second-order valence-corrected chi connectivity index (χ2v) is 5.54. The lowest BCUT2D eigenvalue weighted by atomic mass is 10.0. The summed E-state index contributed by atoms with van der Waals surface area (Å²) in [5.41, 5.74) is 2.17. The summed E-state index contributed by atoms with van der Waals surface area (Å²) in [5.74, 6) is -1.17. The van der Waals surface area contributed by atoms with E-state index in [1.54, 1.807) is 11.8 Å². The molecule has 0 aliphatic heterocycles. The average Bonchev–Trinajstić information content (AvgIpc) is 2.93. The van der Waals surface area contributed by atoms with Crippen molar-refractivity contribution >= 4 is 17.7 Å². The summed E-state index contributed by atoms with van der Waals surface area (Å²) < 4.78 is 37.2. The van der Waals surface area contributed by atoms with Crippen LogP contribution in [0.1, 0.15) is 19.8 Å². The van der Waals surface area contributed by atoms with Crippen molar-refractivity contribution in [1.82, 2.24) is 5.32 Å². The van der Waals surface area contributed by atoms with Gasteiger partial charge in [-0.3, -0.25) is 4.79 Å². The summed E-state index contributed by atoms with van der Waals surface area (Å²) >= 11 is 1.56. The predicted molar refractivity (Wildman–Crippen MR) is 57.1 cm³/mol. The van der Waals surface area contributed by atoms with Gasteiger partial charge in [0.05, 0.1) is 0 Å². The lowest BCUT2D eigenvalue weighted by Gasteiger charge is -2.27. The minimum absolute atomic E-state index is 0.0721. The predicted octanol–water partition coefficient (Wildman–Crippen LogP) is 1.28. The van der Waals surface area contributed by atoms with E-state index in [1.165, 1.54) is 0 Å². The molecule has 1 unspecified atom stereocenters. The zero-order valence-electron chi connectivity index (χ0n) is 9.15. The Morgan fingerprint density at radius 2 is 2.00 bits per heavy atom. The fourth-order valence-corrected chi connectivity index (χ4v) is 1.87. The van der Waals surface area contributed by atoms with E-state index in [2.05, 4.69) is 5.32 Å². The van der Waals surface area contributed by atoms with Gasteiger partial charge in [-0.1, -0.05) is 0 Å². The van der Waals surface area contributed by atoms with Crippen molar-refractivity contribution in [3.63, 3.8) is 0 Å². The average molecular weight is 256 g/mol. The molecule has 1 fully saturated rings. The monoisotopic (exact) mass is 256 g/mol. The lowest BCUT2D eigenvalue weighted by Crippen LogP contribution is -2.62. The number of alkyl halides is 3. The van der Waals surface area contributed by atoms with Gasteiger partial charge in [0.25, 0.3) is 0 Å². The van der Waals surface area contributed by atoms with E-state index in [-0.39, 0.29) is 11.3 Å². The second-order valence-electron chi connectivity index (χ2n) is 4.27. The fraction of sp³-hybridized carbons (Fsp3) is 0.889. The summed E-state index contributed by atoms with van der Waals surface area (Å²) in [4.78, 5) is 11.3. The highest BCUT2D eigenvalue weighted by Gasteiger charge is 2.54. The Kier molecular flexibility index (Phi) is 3.50. The smallest absolute Gasteiger partial charge is 0.353 e. The van der Waals surface area contributed by atoms with E-state index < -0.39 is 17.6 Å². The first-order valence-electron chi connectivity index (χ1n) is 4.84. The molecule has 1 saturated carbocycles. The van der Waals surface area contributed by atoms with Crippen LogP contribution in [0.2, 0.25) is 0 Å². The first kappa shape index (κ1) is 13.6. The van der Waals surface area contributed by atoms with Gasteiger partial charge in [-0.15, -0.1) is 0 Å². The third kappa shape index (κ3) is 2.63. The molecular formula is C9H15F3N2OS. The van der Waals surface area contributed by atoms with Gasteiger partial charge < -0.3 is 11.1 Å². The van der Waals surface area contributed by atoms with Gasteiger partial charge in [-0.25, -0.2) is 0 Å². The van der Waals surface area contributed by atoms with Crippen LogP contribution in [0.5, 0.6) is 0 Å². The molecule has 0 aromatic heterocycles.